The lowest BCUT2D eigenvalue weighted by Gasteiger charge is -2.19. The zero-order valence-electron chi connectivity index (χ0n) is 10.6. The van der Waals surface area contributed by atoms with Crippen LogP contribution in [0.4, 0.5) is 17.6 Å². The molecule has 0 bridgehead atoms. The quantitative estimate of drug-likeness (QED) is 0.342. The fraction of sp³-hybridized carbons (Fsp3) is 0.500. The Labute approximate surface area is 105 Å². The molecule has 1 aromatic rings. The molecule has 0 heterocycles. The molecule has 0 saturated heterocycles. The monoisotopic (exact) mass is 280 g/mol. The van der Waals surface area contributed by atoms with E-state index < -0.39 is 31.6 Å². The van der Waals surface area contributed by atoms with Crippen LogP contribution in [0.25, 0.3) is 0 Å². The molecule has 0 saturated carbocycles. The number of halogens is 4. The Bertz CT molecular complexity index is 435. The second-order valence-electron chi connectivity index (χ2n) is 4.78. The molecular weight excluding hydrogens is 264 g/mol. The first-order valence-electron chi connectivity index (χ1n) is 5.65. The van der Waals surface area contributed by atoms with E-state index in [4.69, 9.17) is 4.43 Å². The highest BCUT2D eigenvalue weighted by Gasteiger charge is 2.22. The Hall–Kier alpha value is -0.883. The van der Waals surface area contributed by atoms with Crippen molar-refractivity contribution in [3.8, 4) is 0 Å². The third kappa shape index (κ3) is 3.55. The van der Waals surface area contributed by atoms with Crippen molar-refractivity contribution in [2.75, 3.05) is 7.11 Å². The van der Waals surface area contributed by atoms with Crippen molar-refractivity contribution in [1.82, 2.24) is 0 Å². The molecule has 0 atom stereocenters. The number of benzene rings is 1. The first-order chi connectivity index (χ1) is 8.28. The van der Waals surface area contributed by atoms with E-state index in [0.29, 0.717) is 6.42 Å². The Balaban J connectivity index is 2.75. The van der Waals surface area contributed by atoms with Crippen LogP contribution in [-0.4, -0.2) is 15.4 Å². The summed E-state index contributed by atoms with van der Waals surface area (Å²) in [4.78, 5) is 0. The second kappa shape index (κ2) is 5.84. The van der Waals surface area contributed by atoms with Crippen LogP contribution < -0.4 is 0 Å². The average Bonchev–Trinajstić information content (AvgIpc) is 2.33. The normalized spacial score (nSPS) is 11.9. The van der Waals surface area contributed by atoms with Crippen LogP contribution in [0.5, 0.6) is 0 Å². The lowest BCUT2D eigenvalue weighted by atomic mass is 10.1. The van der Waals surface area contributed by atoms with Crippen molar-refractivity contribution in [1.29, 1.82) is 0 Å². The summed E-state index contributed by atoms with van der Waals surface area (Å²) >= 11 is 0. The topological polar surface area (TPSA) is 9.23 Å². The minimum atomic E-state index is -1.77. The molecule has 1 nitrogen and oxygen atoms in total. The van der Waals surface area contributed by atoms with E-state index in [1.807, 2.05) is 13.1 Å². The summed E-state index contributed by atoms with van der Waals surface area (Å²) in [6.07, 6.45) is 0.717. The summed E-state index contributed by atoms with van der Waals surface area (Å²) in [7, 11) is -0.156. The van der Waals surface area contributed by atoms with E-state index in [9.17, 15) is 17.6 Å². The fourth-order valence-corrected chi connectivity index (χ4v) is 2.84. The molecule has 0 aliphatic heterocycles. The van der Waals surface area contributed by atoms with Gasteiger partial charge in [0, 0.05) is 7.11 Å². The summed E-state index contributed by atoms with van der Waals surface area (Å²) in [6.45, 7) is 3.99. The van der Waals surface area contributed by atoms with Gasteiger partial charge in [-0.1, -0.05) is 0 Å². The molecule has 18 heavy (non-hydrogen) atoms. The summed E-state index contributed by atoms with van der Waals surface area (Å²) in [5.41, 5.74) is -0.132. The van der Waals surface area contributed by atoms with Gasteiger partial charge in [-0.15, -0.1) is 0 Å². The van der Waals surface area contributed by atoms with Gasteiger partial charge >= 0.3 is 0 Å². The van der Waals surface area contributed by atoms with Gasteiger partial charge in [0.05, 0.1) is 0 Å². The molecular formula is C12H16F4OSi. The SMILES string of the molecule is CO[Si](C)(C)CCCc1cc(F)c(F)c(F)c1F. The lowest BCUT2D eigenvalue weighted by Crippen LogP contribution is -2.28. The first kappa shape index (κ1) is 15.2. The van der Waals surface area contributed by atoms with Crippen LogP contribution >= 0.6 is 0 Å². The van der Waals surface area contributed by atoms with E-state index in [1.165, 1.54) is 0 Å². The molecule has 0 radical (unpaired) electrons. The number of hydrogen-bond donors (Lipinski definition) is 0. The Morgan fingerprint density at radius 1 is 1.06 bits per heavy atom. The minimum Gasteiger partial charge on any atom is -0.420 e. The lowest BCUT2D eigenvalue weighted by molar-refractivity contribution is 0.398. The van der Waals surface area contributed by atoms with E-state index in [-0.39, 0.29) is 12.0 Å². The molecule has 0 N–H and O–H groups in total. The maximum absolute atomic E-state index is 13.3. The van der Waals surface area contributed by atoms with Crippen molar-refractivity contribution in [2.45, 2.75) is 32.0 Å². The molecule has 0 unspecified atom stereocenters. The molecule has 0 aromatic heterocycles. The van der Waals surface area contributed by atoms with Crippen molar-refractivity contribution in [3.63, 3.8) is 0 Å². The van der Waals surface area contributed by atoms with Gasteiger partial charge in [-0.2, -0.15) is 0 Å². The molecule has 1 rings (SSSR count). The maximum atomic E-state index is 13.3. The number of rotatable bonds is 5. The van der Waals surface area contributed by atoms with Crippen LogP contribution in [-0.2, 0) is 10.8 Å². The molecule has 0 spiro atoms. The maximum Gasteiger partial charge on any atom is 0.197 e. The van der Waals surface area contributed by atoms with Gasteiger partial charge in [0.1, 0.15) is 0 Å². The minimum absolute atomic E-state index is 0.132. The predicted octanol–water partition coefficient (Wildman–Crippen LogP) is 4.03. The van der Waals surface area contributed by atoms with Gasteiger partial charge in [0.25, 0.3) is 0 Å². The highest BCUT2D eigenvalue weighted by atomic mass is 28.4. The summed E-state index contributed by atoms with van der Waals surface area (Å²) in [5, 5.41) is 0. The van der Waals surface area contributed by atoms with Crippen LogP contribution in [0, 0.1) is 23.3 Å². The van der Waals surface area contributed by atoms with Gasteiger partial charge in [0.2, 0.25) is 0 Å². The Morgan fingerprint density at radius 2 is 1.67 bits per heavy atom. The smallest absolute Gasteiger partial charge is 0.197 e. The van der Waals surface area contributed by atoms with Gasteiger partial charge < -0.3 is 4.43 Å². The molecule has 1 aromatic carbocycles. The first-order valence-corrected chi connectivity index (χ1v) is 8.77. The van der Waals surface area contributed by atoms with E-state index >= 15 is 0 Å². The Morgan fingerprint density at radius 3 is 2.22 bits per heavy atom. The predicted molar refractivity (Wildman–Crippen MR) is 63.9 cm³/mol. The van der Waals surface area contributed by atoms with Crippen molar-refractivity contribution in [3.05, 3.63) is 34.9 Å². The standard InChI is InChI=1S/C12H16F4OSi/c1-17-18(2,3)6-4-5-8-7-9(13)11(15)12(16)10(8)14/h7H,4-6H2,1-3H3. The molecule has 0 aliphatic carbocycles. The molecule has 102 valence electrons. The highest BCUT2D eigenvalue weighted by Crippen LogP contribution is 2.22. The van der Waals surface area contributed by atoms with Gasteiger partial charge in [-0.3, -0.25) is 0 Å². The van der Waals surface area contributed by atoms with Crippen LogP contribution in [0.3, 0.4) is 0 Å². The van der Waals surface area contributed by atoms with E-state index in [2.05, 4.69) is 0 Å². The molecule has 0 amide bonds. The molecule has 0 fully saturated rings. The van der Waals surface area contributed by atoms with Gasteiger partial charge in [-0.25, -0.2) is 17.6 Å². The van der Waals surface area contributed by atoms with Crippen molar-refractivity contribution in [2.24, 2.45) is 0 Å². The Kier molecular flexibility index (Phi) is 4.92. The fourth-order valence-electron chi connectivity index (χ4n) is 1.61. The second-order valence-corrected chi connectivity index (χ2v) is 9.20. The van der Waals surface area contributed by atoms with Crippen LogP contribution in [0.15, 0.2) is 6.07 Å². The van der Waals surface area contributed by atoms with Crippen LogP contribution in [0.2, 0.25) is 19.1 Å². The van der Waals surface area contributed by atoms with Gasteiger partial charge in [-0.05, 0) is 43.6 Å². The van der Waals surface area contributed by atoms with Crippen molar-refractivity contribution >= 4 is 8.32 Å². The zero-order valence-corrected chi connectivity index (χ0v) is 11.6. The summed E-state index contributed by atoms with van der Waals surface area (Å²) in [5.74, 6) is -6.16. The highest BCUT2D eigenvalue weighted by molar-refractivity contribution is 6.71. The number of hydrogen-bond acceptors (Lipinski definition) is 1. The van der Waals surface area contributed by atoms with Gasteiger partial charge in [0.15, 0.2) is 31.6 Å². The number of aryl methyl sites for hydroxylation is 1. The summed E-state index contributed by atoms with van der Waals surface area (Å²) < 4.78 is 57.3. The van der Waals surface area contributed by atoms with E-state index in [0.717, 1.165) is 12.1 Å². The molecule has 0 aliphatic rings. The average molecular weight is 280 g/mol. The third-order valence-corrected chi connectivity index (χ3v) is 5.62. The largest absolute Gasteiger partial charge is 0.420 e. The molecule has 6 heteroatoms. The van der Waals surface area contributed by atoms with Crippen LogP contribution in [0.1, 0.15) is 12.0 Å². The van der Waals surface area contributed by atoms with E-state index in [1.54, 1.807) is 7.11 Å². The third-order valence-electron chi connectivity index (χ3n) is 2.96. The zero-order chi connectivity index (χ0) is 13.9. The van der Waals surface area contributed by atoms with Crippen molar-refractivity contribution < 1.29 is 22.0 Å². The summed E-state index contributed by atoms with van der Waals surface area (Å²) in [6, 6.07) is 1.46.